The van der Waals surface area contributed by atoms with Crippen LogP contribution in [0.3, 0.4) is 0 Å². The Balaban J connectivity index is 1.53. The van der Waals surface area contributed by atoms with Crippen molar-refractivity contribution < 1.29 is 14.3 Å². The number of hydrogen-bond donors (Lipinski definition) is 1. The van der Waals surface area contributed by atoms with Gasteiger partial charge >= 0.3 is 0 Å². The van der Waals surface area contributed by atoms with Gasteiger partial charge in [0.25, 0.3) is 11.8 Å². The Kier molecular flexibility index (Phi) is 6.81. The molecule has 1 heterocycles. The minimum atomic E-state index is -0.208. The van der Waals surface area contributed by atoms with Crippen LogP contribution in [0.5, 0.6) is 5.75 Å². The molecule has 0 spiro atoms. The van der Waals surface area contributed by atoms with Crippen LogP contribution in [-0.2, 0) is 0 Å². The van der Waals surface area contributed by atoms with Crippen LogP contribution in [0.4, 0.5) is 0 Å². The monoisotopic (exact) mass is 420 g/mol. The molecule has 2 aromatic carbocycles. The van der Waals surface area contributed by atoms with Gasteiger partial charge in [-0.05, 0) is 62.2 Å². The second-order valence-corrected chi connectivity index (χ2v) is 7.53. The highest BCUT2D eigenvalue weighted by Gasteiger charge is 2.25. The summed E-state index contributed by atoms with van der Waals surface area (Å²) < 4.78 is 5.41. The molecule has 3 rings (SSSR count). The maximum absolute atomic E-state index is 12.7. The van der Waals surface area contributed by atoms with Crippen LogP contribution in [0.15, 0.2) is 42.5 Å². The molecular weight excluding hydrogens is 399 g/mol. The smallest absolute Gasteiger partial charge is 0.253 e. The fourth-order valence-corrected chi connectivity index (χ4v) is 3.75. The van der Waals surface area contributed by atoms with Gasteiger partial charge in [-0.15, -0.1) is 0 Å². The quantitative estimate of drug-likeness (QED) is 0.778. The van der Waals surface area contributed by atoms with Gasteiger partial charge in [-0.3, -0.25) is 9.59 Å². The number of piperidine rings is 1. The van der Waals surface area contributed by atoms with Crippen LogP contribution in [0.25, 0.3) is 0 Å². The van der Waals surface area contributed by atoms with E-state index in [4.69, 9.17) is 27.9 Å². The van der Waals surface area contributed by atoms with Crippen LogP contribution in [0.1, 0.15) is 40.5 Å². The third-order valence-electron chi connectivity index (χ3n) is 4.65. The third-order valence-corrected chi connectivity index (χ3v) is 5.09. The van der Waals surface area contributed by atoms with E-state index in [-0.39, 0.29) is 17.9 Å². The molecule has 0 radical (unpaired) electrons. The molecule has 0 bridgehead atoms. The Morgan fingerprint density at radius 2 is 1.64 bits per heavy atom. The Morgan fingerprint density at radius 1 is 1.04 bits per heavy atom. The van der Waals surface area contributed by atoms with Gasteiger partial charge in [0.15, 0.2) is 0 Å². The van der Waals surface area contributed by atoms with Crippen molar-refractivity contribution >= 4 is 35.0 Å². The van der Waals surface area contributed by atoms with Gasteiger partial charge in [0.2, 0.25) is 0 Å². The number of amides is 2. The maximum Gasteiger partial charge on any atom is 0.253 e. The van der Waals surface area contributed by atoms with Gasteiger partial charge in [0.05, 0.1) is 6.61 Å². The molecular formula is C21H22Cl2N2O3. The highest BCUT2D eigenvalue weighted by atomic mass is 35.5. The van der Waals surface area contributed by atoms with Crippen molar-refractivity contribution in [3.63, 3.8) is 0 Å². The zero-order chi connectivity index (χ0) is 20.1. The zero-order valence-corrected chi connectivity index (χ0v) is 17.1. The van der Waals surface area contributed by atoms with Crippen molar-refractivity contribution in [1.29, 1.82) is 0 Å². The lowest BCUT2D eigenvalue weighted by molar-refractivity contribution is 0.0698. The Labute approximate surface area is 174 Å². The van der Waals surface area contributed by atoms with E-state index in [9.17, 15) is 9.59 Å². The summed E-state index contributed by atoms with van der Waals surface area (Å²) in [6.45, 7) is 3.69. The van der Waals surface area contributed by atoms with E-state index in [1.807, 2.05) is 11.8 Å². The van der Waals surface area contributed by atoms with E-state index in [1.54, 1.807) is 42.5 Å². The number of rotatable bonds is 5. The fourth-order valence-electron chi connectivity index (χ4n) is 3.22. The van der Waals surface area contributed by atoms with Crippen molar-refractivity contribution in [3.8, 4) is 5.75 Å². The van der Waals surface area contributed by atoms with Gasteiger partial charge in [0, 0.05) is 40.3 Å². The summed E-state index contributed by atoms with van der Waals surface area (Å²) in [5.41, 5.74) is 1.07. The molecule has 5 nitrogen and oxygen atoms in total. The number of carbonyl (C=O) groups is 2. The molecule has 0 aromatic heterocycles. The first-order valence-corrected chi connectivity index (χ1v) is 10.0. The molecule has 7 heteroatoms. The SMILES string of the molecule is CCOc1ccc(C(=O)N2CCC(NC(=O)c3cc(Cl)cc(Cl)c3)CC2)cc1. The third kappa shape index (κ3) is 5.18. The molecule has 0 atom stereocenters. The fraction of sp³-hybridized carbons (Fsp3) is 0.333. The summed E-state index contributed by atoms with van der Waals surface area (Å²) in [6.07, 6.45) is 1.39. The van der Waals surface area contributed by atoms with E-state index in [0.717, 1.165) is 5.75 Å². The molecule has 0 unspecified atom stereocenters. The molecule has 1 aliphatic rings. The van der Waals surface area contributed by atoms with E-state index >= 15 is 0 Å². The van der Waals surface area contributed by atoms with Gasteiger partial charge in [-0.2, -0.15) is 0 Å². The van der Waals surface area contributed by atoms with E-state index in [1.165, 1.54) is 0 Å². The number of nitrogens with one attached hydrogen (secondary N) is 1. The second kappa shape index (κ2) is 9.30. The highest BCUT2D eigenvalue weighted by molar-refractivity contribution is 6.35. The number of nitrogens with zero attached hydrogens (tertiary/aromatic N) is 1. The number of carbonyl (C=O) groups excluding carboxylic acids is 2. The molecule has 1 saturated heterocycles. The lowest BCUT2D eigenvalue weighted by Crippen LogP contribution is -2.46. The van der Waals surface area contributed by atoms with Crippen molar-refractivity contribution in [2.24, 2.45) is 0 Å². The van der Waals surface area contributed by atoms with Crippen LogP contribution in [0, 0.1) is 0 Å². The number of halogens is 2. The summed E-state index contributed by atoms with van der Waals surface area (Å²) in [6, 6.07) is 12.0. The molecule has 148 valence electrons. The summed E-state index contributed by atoms with van der Waals surface area (Å²) in [4.78, 5) is 26.9. The lowest BCUT2D eigenvalue weighted by Gasteiger charge is -2.32. The van der Waals surface area contributed by atoms with Crippen molar-refractivity contribution in [2.75, 3.05) is 19.7 Å². The molecule has 0 saturated carbocycles. The maximum atomic E-state index is 12.7. The van der Waals surface area contributed by atoms with Crippen molar-refractivity contribution in [1.82, 2.24) is 10.2 Å². The van der Waals surface area contributed by atoms with Gasteiger partial charge < -0.3 is 15.0 Å². The average Bonchev–Trinajstić information content (AvgIpc) is 2.68. The highest BCUT2D eigenvalue weighted by Crippen LogP contribution is 2.20. The molecule has 28 heavy (non-hydrogen) atoms. The molecule has 1 N–H and O–H groups in total. The minimum Gasteiger partial charge on any atom is -0.494 e. The standard InChI is InChI=1S/C21H22Cl2N2O3/c1-2-28-19-5-3-14(4-6-19)21(27)25-9-7-18(8-10-25)24-20(26)15-11-16(22)13-17(23)12-15/h3-6,11-13,18H,2,7-10H2,1H3,(H,24,26). The first-order valence-electron chi connectivity index (χ1n) is 9.25. The van der Waals surface area contributed by atoms with Gasteiger partial charge in [-0.1, -0.05) is 23.2 Å². The van der Waals surface area contributed by atoms with Crippen LogP contribution in [0.2, 0.25) is 10.0 Å². The Hall–Kier alpha value is -2.24. The molecule has 1 aliphatic heterocycles. The van der Waals surface area contributed by atoms with Gasteiger partial charge in [0.1, 0.15) is 5.75 Å². The van der Waals surface area contributed by atoms with Crippen LogP contribution >= 0.6 is 23.2 Å². The largest absolute Gasteiger partial charge is 0.494 e. The first-order chi connectivity index (χ1) is 13.5. The summed E-state index contributed by atoms with van der Waals surface area (Å²) in [7, 11) is 0. The number of ether oxygens (including phenoxy) is 1. The lowest BCUT2D eigenvalue weighted by atomic mass is 10.0. The summed E-state index contributed by atoms with van der Waals surface area (Å²) in [5, 5.41) is 3.85. The predicted molar refractivity (Wildman–Crippen MR) is 110 cm³/mol. The Morgan fingerprint density at radius 3 is 2.21 bits per heavy atom. The van der Waals surface area contributed by atoms with Crippen molar-refractivity contribution in [2.45, 2.75) is 25.8 Å². The summed E-state index contributed by atoms with van der Waals surface area (Å²) >= 11 is 11.9. The minimum absolute atomic E-state index is 0.00514. The number of hydrogen-bond acceptors (Lipinski definition) is 3. The molecule has 2 amide bonds. The van der Waals surface area contributed by atoms with E-state index in [2.05, 4.69) is 5.32 Å². The molecule has 1 fully saturated rings. The Bertz CT molecular complexity index is 827. The summed E-state index contributed by atoms with van der Waals surface area (Å²) in [5.74, 6) is 0.539. The predicted octanol–water partition coefficient (Wildman–Crippen LogP) is 4.43. The normalized spacial score (nSPS) is 14.6. The second-order valence-electron chi connectivity index (χ2n) is 6.66. The number of likely N-dealkylation sites (tertiary alicyclic amines) is 1. The van der Waals surface area contributed by atoms with Crippen molar-refractivity contribution in [3.05, 3.63) is 63.6 Å². The number of benzene rings is 2. The van der Waals surface area contributed by atoms with Crippen LogP contribution < -0.4 is 10.1 Å². The van der Waals surface area contributed by atoms with Crippen LogP contribution in [-0.4, -0.2) is 42.5 Å². The van der Waals surface area contributed by atoms with E-state index in [0.29, 0.717) is 53.7 Å². The molecule has 2 aromatic rings. The van der Waals surface area contributed by atoms with Gasteiger partial charge in [-0.25, -0.2) is 0 Å². The average molecular weight is 421 g/mol. The first kappa shape index (κ1) is 20.5. The van der Waals surface area contributed by atoms with E-state index < -0.39 is 0 Å². The molecule has 0 aliphatic carbocycles. The topological polar surface area (TPSA) is 58.6 Å². The zero-order valence-electron chi connectivity index (χ0n) is 15.6.